The summed E-state index contributed by atoms with van der Waals surface area (Å²) < 4.78 is 0. The number of rotatable bonds is 4. The van der Waals surface area contributed by atoms with Gasteiger partial charge in [-0.2, -0.15) is 5.10 Å². The van der Waals surface area contributed by atoms with E-state index in [4.69, 9.17) is 0 Å². The van der Waals surface area contributed by atoms with E-state index in [9.17, 15) is 9.59 Å². The average molecular weight is 390 g/mol. The summed E-state index contributed by atoms with van der Waals surface area (Å²) in [6.45, 7) is 1.96. The quantitative estimate of drug-likeness (QED) is 0.707. The number of hydrogen-bond donors (Lipinski definition) is 2. The van der Waals surface area contributed by atoms with Crippen LogP contribution in [0.4, 0.5) is 5.69 Å². The van der Waals surface area contributed by atoms with Gasteiger partial charge in [0.2, 0.25) is 5.91 Å². The van der Waals surface area contributed by atoms with Gasteiger partial charge >= 0.3 is 0 Å². The third-order valence-corrected chi connectivity index (χ3v) is 5.40. The second kappa shape index (κ2) is 7.74. The lowest BCUT2D eigenvalue weighted by molar-refractivity contribution is -0.121. The van der Waals surface area contributed by atoms with Crippen LogP contribution in [0, 0.1) is 6.92 Å². The molecule has 2 heterocycles. The molecule has 4 rings (SSSR count). The molecule has 2 amide bonds. The lowest BCUT2D eigenvalue weighted by atomic mass is 10.0. The van der Waals surface area contributed by atoms with E-state index in [1.807, 2.05) is 48.7 Å². The predicted octanol–water partition coefficient (Wildman–Crippen LogP) is 3.98. The molecule has 0 spiro atoms. The van der Waals surface area contributed by atoms with Crippen LogP contribution in [0.3, 0.4) is 0 Å². The van der Waals surface area contributed by atoms with Crippen molar-refractivity contribution in [2.24, 2.45) is 5.10 Å². The van der Waals surface area contributed by atoms with Crippen molar-refractivity contribution >= 4 is 34.6 Å². The number of hydrazone groups is 1. The number of amides is 2. The molecule has 0 radical (unpaired) electrons. The van der Waals surface area contributed by atoms with Crippen LogP contribution in [0.5, 0.6) is 0 Å². The van der Waals surface area contributed by atoms with E-state index in [2.05, 4.69) is 20.8 Å². The van der Waals surface area contributed by atoms with Crippen LogP contribution in [0.1, 0.15) is 34.5 Å². The largest absolute Gasteiger partial charge is 0.322 e. The van der Waals surface area contributed by atoms with Gasteiger partial charge in [0.1, 0.15) is 5.01 Å². The first-order chi connectivity index (χ1) is 13.6. The van der Waals surface area contributed by atoms with E-state index in [0.29, 0.717) is 24.1 Å². The van der Waals surface area contributed by atoms with Crippen molar-refractivity contribution in [1.29, 1.82) is 0 Å². The summed E-state index contributed by atoms with van der Waals surface area (Å²) in [4.78, 5) is 28.1. The highest BCUT2D eigenvalue weighted by Crippen LogP contribution is 2.24. The smallest absolute Gasteiger partial charge is 0.255 e. The van der Waals surface area contributed by atoms with Gasteiger partial charge in [0.15, 0.2) is 0 Å². The monoisotopic (exact) mass is 390 g/mol. The molecule has 1 aromatic heterocycles. The minimum atomic E-state index is -0.170. The number of nitrogens with one attached hydrogen (secondary N) is 2. The zero-order valence-electron chi connectivity index (χ0n) is 15.2. The summed E-state index contributed by atoms with van der Waals surface area (Å²) in [5, 5.41) is 9.93. The highest BCUT2D eigenvalue weighted by atomic mass is 32.1. The Kier molecular flexibility index (Phi) is 4.99. The number of aryl methyl sites for hydroxylation is 1. The summed E-state index contributed by atoms with van der Waals surface area (Å²) in [6.07, 6.45) is 1.05. The second-order valence-electron chi connectivity index (χ2n) is 6.50. The molecule has 6 nitrogen and oxygen atoms in total. The Bertz CT molecular complexity index is 1050. The first-order valence-corrected chi connectivity index (χ1v) is 9.76. The molecule has 2 N–H and O–H groups in total. The maximum atomic E-state index is 12.5. The van der Waals surface area contributed by atoms with Gasteiger partial charge in [-0.15, -0.1) is 11.3 Å². The number of thiazole rings is 1. The van der Waals surface area contributed by atoms with E-state index < -0.39 is 0 Å². The minimum Gasteiger partial charge on any atom is -0.322 e. The first-order valence-electron chi connectivity index (χ1n) is 8.88. The summed E-state index contributed by atoms with van der Waals surface area (Å²) in [7, 11) is 0. The highest BCUT2D eigenvalue weighted by molar-refractivity contribution is 7.13. The predicted molar refractivity (Wildman–Crippen MR) is 111 cm³/mol. The molecule has 0 fully saturated rings. The molecule has 7 heteroatoms. The van der Waals surface area contributed by atoms with Gasteiger partial charge in [-0.1, -0.05) is 24.3 Å². The van der Waals surface area contributed by atoms with E-state index in [1.54, 1.807) is 23.5 Å². The molecule has 0 aliphatic carbocycles. The average Bonchev–Trinajstić information content (AvgIpc) is 3.16. The van der Waals surface area contributed by atoms with E-state index >= 15 is 0 Å². The van der Waals surface area contributed by atoms with Gasteiger partial charge in [0, 0.05) is 40.7 Å². The fourth-order valence-electron chi connectivity index (χ4n) is 2.88. The number of anilines is 1. The lowest BCUT2D eigenvalue weighted by Crippen LogP contribution is -2.25. The topological polar surface area (TPSA) is 83.5 Å². The molecule has 0 atom stereocenters. The van der Waals surface area contributed by atoms with Crippen LogP contribution >= 0.6 is 11.3 Å². The van der Waals surface area contributed by atoms with Crippen LogP contribution in [-0.2, 0) is 4.79 Å². The highest BCUT2D eigenvalue weighted by Gasteiger charge is 2.13. The zero-order chi connectivity index (χ0) is 19.5. The van der Waals surface area contributed by atoms with Gasteiger partial charge in [-0.3, -0.25) is 9.59 Å². The molecule has 0 bridgehead atoms. The number of hydrogen-bond acceptors (Lipinski definition) is 5. The Morgan fingerprint density at radius 3 is 2.36 bits per heavy atom. The Labute approximate surface area is 166 Å². The van der Waals surface area contributed by atoms with E-state index in [0.717, 1.165) is 27.5 Å². The van der Waals surface area contributed by atoms with Crippen molar-refractivity contribution in [2.75, 3.05) is 5.32 Å². The fraction of sp³-hybridized carbons (Fsp3) is 0.143. The molecular formula is C21H18N4O2S. The normalized spacial score (nSPS) is 13.6. The first kappa shape index (κ1) is 18.1. The van der Waals surface area contributed by atoms with Gasteiger partial charge in [0.25, 0.3) is 5.91 Å². The third kappa shape index (κ3) is 3.99. The zero-order valence-corrected chi connectivity index (χ0v) is 16.0. The minimum absolute atomic E-state index is 0.0661. The SMILES string of the molecule is Cc1csc(-c2ccc(C(=O)Nc3ccc(C4=NNC(=O)CC4)cc3)cc2)n1. The summed E-state index contributed by atoms with van der Waals surface area (Å²) >= 11 is 1.59. The molecule has 140 valence electrons. The standard InChI is InChI=1S/C21H18N4O2S/c1-13-12-28-21(22-13)16-4-2-15(3-5-16)20(27)23-17-8-6-14(7-9-17)18-10-11-19(26)25-24-18/h2-9,12H,10-11H2,1H3,(H,23,27)(H,25,26). The molecule has 1 aliphatic rings. The maximum absolute atomic E-state index is 12.5. The summed E-state index contributed by atoms with van der Waals surface area (Å²) in [5.74, 6) is -0.236. The molecule has 0 unspecified atom stereocenters. The van der Waals surface area contributed by atoms with E-state index in [-0.39, 0.29) is 11.8 Å². The van der Waals surface area contributed by atoms with Crippen molar-refractivity contribution in [2.45, 2.75) is 19.8 Å². The Balaban J connectivity index is 1.42. The maximum Gasteiger partial charge on any atom is 0.255 e. The van der Waals surface area contributed by atoms with Crippen molar-refractivity contribution < 1.29 is 9.59 Å². The Hall–Kier alpha value is -3.32. The van der Waals surface area contributed by atoms with Crippen LogP contribution < -0.4 is 10.7 Å². The number of nitrogens with zero attached hydrogens (tertiary/aromatic N) is 2. The second-order valence-corrected chi connectivity index (χ2v) is 7.35. The molecule has 2 aromatic carbocycles. The number of benzene rings is 2. The molecule has 0 saturated heterocycles. The van der Waals surface area contributed by atoms with Crippen molar-refractivity contribution in [3.8, 4) is 10.6 Å². The van der Waals surface area contributed by atoms with Gasteiger partial charge in [-0.05, 0) is 36.8 Å². The molecule has 1 aliphatic heterocycles. The molecule has 28 heavy (non-hydrogen) atoms. The Morgan fingerprint density at radius 1 is 1.04 bits per heavy atom. The third-order valence-electron chi connectivity index (χ3n) is 4.39. The van der Waals surface area contributed by atoms with Gasteiger partial charge in [0.05, 0.1) is 5.71 Å². The van der Waals surface area contributed by atoms with Crippen LogP contribution in [0.25, 0.3) is 10.6 Å². The fourth-order valence-corrected chi connectivity index (χ4v) is 3.69. The van der Waals surface area contributed by atoms with Gasteiger partial charge in [-0.25, -0.2) is 10.4 Å². The van der Waals surface area contributed by atoms with Crippen molar-refractivity contribution in [3.05, 3.63) is 70.7 Å². The summed E-state index contributed by atoms with van der Waals surface area (Å²) in [6, 6.07) is 14.9. The van der Waals surface area contributed by atoms with Crippen molar-refractivity contribution in [1.82, 2.24) is 10.4 Å². The number of carbonyl (C=O) groups excluding carboxylic acids is 2. The van der Waals surface area contributed by atoms with Crippen LogP contribution in [-0.4, -0.2) is 22.5 Å². The molecule has 0 saturated carbocycles. The lowest BCUT2D eigenvalue weighted by Gasteiger charge is -2.12. The molecule has 3 aromatic rings. The van der Waals surface area contributed by atoms with Crippen LogP contribution in [0.2, 0.25) is 0 Å². The van der Waals surface area contributed by atoms with Crippen LogP contribution in [0.15, 0.2) is 59.0 Å². The Morgan fingerprint density at radius 2 is 1.75 bits per heavy atom. The number of carbonyl (C=O) groups is 2. The van der Waals surface area contributed by atoms with Gasteiger partial charge < -0.3 is 5.32 Å². The summed E-state index contributed by atoms with van der Waals surface area (Å²) in [5.41, 5.74) is 7.54. The number of aromatic nitrogens is 1. The van der Waals surface area contributed by atoms with E-state index in [1.165, 1.54) is 0 Å². The van der Waals surface area contributed by atoms with Crippen molar-refractivity contribution in [3.63, 3.8) is 0 Å². The molecular weight excluding hydrogens is 372 g/mol.